The number of rotatable bonds is 3. The Morgan fingerprint density at radius 3 is 2.67 bits per heavy atom. The van der Waals surface area contributed by atoms with Crippen LogP contribution in [0.3, 0.4) is 0 Å². The molecule has 1 atom stereocenters. The molecule has 0 saturated carbocycles. The molecule has 0 N–H and O–H groups in total. The van der Waals surface area contributed by atoms with Gasteiger partial charge in [-0.25, -0.2) is 9.97 Å². The zero-order valence-electron chi connectivity index (χ0n) is 11.9. The van der Waals surface area contributed by atoms with Gasteiger partial charge in [0.15, 0.2) is 0 Å². The van der Waals surface area contributed by atoms with E-state index in [-0.39, 0.29) is 0 Å². The van der Waals surface area contributed by atoms with Crippen molar-refractivity contribution in [3.63, 3.8) is 0 Å². The van der Waals surface area contributed by atoms with Gasteiger partial charge in [0, 0.05) is 31.0 Å². The van der Waals surface area contributed by atoms with Crippen LogP contribution >= 0.6 is 0 Å². The molecule has 2 rings (SSSR count). The van der Waals surface area contributed by atoms with Crippen molar-refractivity contribution in [3.05, 3.63) is 24.3 Å². The third kappa shape index (κ3) is 4.37. The van der Waals surface area contributed by atoms with E-state index in [0.29, 0.717) is 5.41 Å². The van der Waals surface area contributed by atoms with Crippen LogP contribution in [0.5, 0.6) is 0 Å². The molecule has 3 heteroatoms. The second kappa shape index (κ2) is 5.79. The average molecular weight is 247 g/mol. The largest absolute Gasteiger partial charge is 0.299 e. The molecule has 18 heavy (non-hydrogen) atoms. The lowest BCUT2D eigenvalue weighted by molar-refractivity contribution is 0.135. The zero-order chi connectivity index (χ0) is 13.0. The topological polar surface area (TPSA) is 29.0 Å². The number of aromatic nitrogens is 2. The smallest absolute Gasteiger partial charge is 0.115 e. The molecular weight excluding hydrogens is 222 g/mol. The van der Waals surface area contributed by atoms with Crippen molar-refractivity contribution in [1.29, 1.82) is 0 Å². The summed E-state index contributed by atoms with van der Waals surface area (Å²) in [5.74, 6) is 0.850. The summed E-state index contributed by atoms with van der Waals surface area (Å²) < 4.78 is 0. The molecule has 1 saturated heterocycles. The monoisotopic (exact) mass is 247 g/mol. The molecule has 0 bridgehead atoms. The summed E-state index contributed by atoms with van der Waals surface area (Å²) in [5.41, 5.74) is 1.68. The van der Waals surface area contributed by atoms with Crippen LogP contribution < -0.4 is 0 Å². The molecule has 0 aromatic carbocycles. The van der Waals surface area contributed by atoms with E-state index in [1.807, 2.05) is 12.4 Å². The molecule has 2 heterocycles. The average Bonchev–Trinajstić information content (AvgIpc) is 2.28. The summed E-state index contributed by atoms with van der Waals surface area (Å²) in [4.78, 5) is 10.7. The highest BCUT2D eigenvalue weighted by atomic mass is 15.1. The predicted octanol–water partition coefficient (Wildman–Crippen LogP) is 3.12. The van der Waals surface area contributed by atoms with Gasteiger partial charge in [-0.3, -0.25) is 4.90 Å². The fourth-order valence-electron chi connectivity index (χ4n) is 3.00. The molecule has 0 spiro atoms. The molecule has 1 aliphatic rings. The maximum Gasteiger partial charge on any atom is 0.115 e. The molecule has 1 aromatic heterocycles. The van der Waals surface area contributed by atoms with Crippen LogP contribution in [0.4, 0.5) is 0 Å². The molecule has 0 radical (unpaired) electrons. The van der Waals surface area contributed by atoms with Crippen molar-refractivity contribution in [2.45, 2.75) is 46.6 Å². The van der Waals surface area contributed by atoms with Crippen LogP contribution in [-0.2, 0) is 6.54 Å². The third-order valence-corrected chi connectivity index (χ3v) is 3.52. The van der Waals surface area contributed by atoms with E-state index in [1.165, 1.54) is 37.9 Å². The van der Waals surface area contributed by atoms with Gasteiger partial charge >= 0.3 is 0 Å². The summed E-state index contributed by atoms with van der Waals surface area (Å²) >= 11 is 0. The molecule has 0 aliphatic carbocycles. The van der Waals surface area contributed by atoms with E-state index < -0.39 is 0 Å². The Morgan fingerprint density at radius 1 is 1.28 bits per heavy atom. The minimum absolute atomic E-state index is 0.448. The lowest BCUT2D eigenvalue weighted by atomic mass is 9.81. The van der Waals surface area contributed by atoms with Gasteiger partial charge in [0.05, 0.1) is 0 Å². The van der Waals surface area contributed by atoms with Crippen molar-refractivity contribution in [2.24, 2.45) is 11.3 Å². The van der Waals surface area contributed by atoms with E-state index in [4.69, 9.17) is 0 Å². The van der Waals surface area contributed by atoms with Gasteiger partial charge in [0.25, 0.3) is 0 Å². The van der Waals surface area contributed by atoms with Crippen LogP contribution in [0.2, 0.25) is 0 Å². The van der Waals surface area contributed by atoms with Crippen LogP contribution in [0.1, 0.15) is 45.6 Å². The van der Waals surface area contributed by atoms with Gasteiger partial charge in [-0.05, 0) is 37.1 Å². The van der Waals surface area contributed by atoms with E-state index in [9.17, 15) is 0 Å². The SMILES string of the molecule is CC(C)(C)CC1CCCN(Cc2cncnc2)C1. The first-order valence-electron chi connectivity index (χ1n) is 6.99. The van der Waals surface area contributed by atoms with Crippen molar-refractivity contribution in [3.8, 4) is 0 Å². The zero-order valence-corrected chi connectivity index (χ0v) is 11.9. The number of nitrogens with zero attached hydrogens (tertiary/aromatic N) is 3. The summed E-state index contributed by atoms with van der Waals surface area (Å²) in [6.45, 7) is 10.5. The lowest BCUT2D eigenvalue weighted by Gasteiger charge is -2.35. The molecule has 1 aliphatic heterocycles. The van der Waals surface area contributed by atoms with Crippen LogP contribution in [0, 0.1) is 11.3 Å². The van der Waals surface area contributed by atoms with Crippen molar-refractivity contribution < 1.29 is 0 Å². The Hall–Kier alpha value is -0.960. The van der Waals surface area contributed by atoms with Crippen LogP contribution in [0.25, 0.3) is 0 Å². The Kier molecular flexibility index (Phi) is 4.33. The minimum atomic E-state index is 0.448. The van der Waals surface area contributed by atoms with Gasteiger partial charge in [0.2, 0.25) is 0 Å². The lowest BCUT2D eigenvalue weighted by Crippen LogP contribution is -2.36. The second-order valence-corrected chi connectivity index (χ2v) is 6.75. The van der Waals surface area contributed by atoms with Crippen molar-refractivity contribution >= 4 is 0 Å². The highest BCUT2D eigenvalue weighted by Crippen LogP contribution is 2.30. The van der Waals surface area contributed by atoms with E-state index in [0.717, 1.165) is 12.5 Å². The molecule has 0 amide bonds. The first-order chi connectivity index (χ1) is 8.53. The summed E-state index contributed by atoms with van der Waals surface area (Å²) in [7, 11) is 0. The maximum atomic E-state index is 4.09. The fraction of sp³-hybridized carbons (Fsp3) is 0.733. The summed E-state index contributed by atoms with van der Waals surface area (Å²) in [5, 5.41) is 0. The molecule has 1 fully saturated rings. The molecule has 100 valence electrons. The Morgan fingerprint density at radius 2 is 2.00 bits per heavy atom. The molecule has 3 nitrogen and oxygen atoms in total. The standard InChI is InChI=1S/C15H25N3/c1-15(2,3)7-13-5-4-6-18(10-13)11-14-8-16-12-17-9-14/h8-9,12-13H,4-7,10-11H2,1-3H3. The summed E-state index contributed by atoms with van der Waals surface area (Å²) in [6.07, 6.45) is 9.51. The van der Waals surface area contributed by atoms with Gasteiger partial charge in [-0.15, -0.1) is 0 Å². The first kappa shape index (κ1) is 13.5. The predicted molar refractivity (Wildman–Crippen MR) is 74.1 cm³/mol. The highest BCUT2D eigenvalue weighted by molar-refractivity contribution is 5.02. The number of likely N-dealkylation sites (tertiary alicyclic amines) is 1. The van der Waals surface area contributed by atoms with E-state index >= 15 is 0 Å². The van der Waals surface area contributed by atoms with Crippen molar-refractivity contribution in [1.82, 2.24) is 14.9 Å². The second-order valence-electron chi connectivity index (χ2n) is 6.75. The summed E-state index contributed by atoms with van der Waals surface area (Å²) in [6, 6.07) is 0. The van der Waals surface area contributed by atoms with E-state index in [2.05, 4.69) is 35.6 Å². The van der Waals surface area contributed by atoms with Gasteiger partial charge < -0.3 is 0 Å². The minimum Gasteiger partial charge on any atom is -0.299 e. The third-order valence-electron chi connectivity index (χ3n) is 3.52. The number of hydrogen-bond acceptors (Lipinski definition) is 3. The first-order valence-corrected chi connectivity index (χ1v) is 6.99. The Balaban J connectivity index is 1.87. The normalized spacial score (nSPS) is 22.1. The maximum absolute atomic E-state index is 4.09. The molecular formula is C15H25N3. The fourth-order valence-corrected chi connectivity index (χ4v) is 3.00. The van der Waals surface area contributed by atoms with Crippen molar-refractivity contribution in [2.75, 3.05) is 13.1 Å². The molecule has 1 aromatic rings. The highest BCUT2D eigenvalue weighted by Gasteiger charge is 2.24. The van der Waals surface area contributed by atoms with Gasteiger partial charge in [0.1, 0.15) is 6.33 Å². The van der Waals surface area contributed by atoms with Crippen LogP contribution in [-0.4, -0.2) is 28.0 Å². The number of piperidine rings is 1. The Bertz CT molecular complexity index is 356. The van der Waals surface area contributed by atoms with Gasteiger partial charge in [-0.1, -0.05) is 20.8 Å². The molecule has 1 unspecified atom stereocenters. The number of hydrogen-bond donors (Lipinski definition) is 0. The quantitative estimate of drug-likeness (QED) is 0.821. The van der Waals surface area contributed by atoms with E-state index in [1.54, 1.807) is 6.33 Å². The van der Waals surface area contributed by atoms with Crippen LogP contribution in [0.15, 0.2) is 18.7 Å². The van der Waals surface area contributed by atoms with Gasteiger partial charge in [-0.2, -0.15) is 0 Å². The Labute approximate surface area is 111 Å².